The van der Waals surface area contributed by atoms with Crippen molar-refractivity contribution in [1.82, 2.24) is 4.31 Å². The number of carbonyl (C=O) groups excluding carboxylic acids is 1. The van der Waals surface area contributed by atoms with E-state index < -0.39 is 16.0 Å². The van der Waals surface area contributed by atoms with Crippen LogP contribution in [0.15, 0.2) is 29.2 Å². The van der Waals surface area contributed by atoms with Crippen molar-refractivity contribution in [3.05, 3.63) is 29.8 Å². The lowest BCUT2D eigenvalue weighted by molar-refractivity contribution is -0.140. The summed E-state index contributed by atoms with van der Waals surface area (Å²) < 4.78 is 35.9. The van der Waals surface area contributed by atoms with Gasteiger partial charge < -0.3 is 9.47 Å². The fourth-order valence-corrected chi connectivity index (χ4v) is 3.15. The van der Waals surface area contributed by atoms with Crippen molar-refractivity contribution in [1.29, 1.82) is 0 Å². The second-order valence-electron chi connectivity index (χ2n) is 4.54. The van der Waals surface area contributed by atoms with Gasteiger partial charge in [0, 0.05) is 20.2 Å². The third kappa shape index (κ3) is 5.11. The van der Waals surface area contributed by atoms with E-state index in [1.807, 2.05) is 6.92 Å². The lowest BCUT2D eigenvalue weighted by Crippen LogP contribution is -2.35. The minimum atomic E-state index is -3.65. The summed E-state index contributed by atoms with van der Waals surface area (Å²) in [5.41, 5.74) is 0.979. The monoisotopic (exact) mass is 315 g/mol. The first-order chi connectivity index (χ1) is 9.91. The first kappa shape index (κ1) is 17.6. The molecule has 0 saturated heterocycles. The van der Waals surface area contributed by atoms with Gasteiger partial charge in [-0.15, -0.1) is 0 Å². The Balaban J connectivity index is 2.93. The van der Waals surface area contributed by atoms with Crippen LogP contribution in [-0.4, -0.2) is 52.6 Å². The van der Waals surface area contributed by atoms with Crippen LogP contribution >= 0.6 is 0 Å². The van der Waals surface area contributed by atoms with Crippen molar-refractivity contribution in [3.8, 4) is 0 Å². The Morgan fingerprint density at radius 3 is 2.29 bits per heavy atom. The minimum absolute atomic E-state index is 0.00526. The molecule has 0 aliphatic carbocycles. The van der Waals surface area contributed by atoms with Crippen LogP contribution in [0.4, 0.5) is 0 Å². The summed E-state index contributed by atoms with van der Waals surface area (Å²) in [6, 6.07) is 6.59. The van der Waals surface area contributed by atoms with E-state index in [9.17, 15) is 13.2 Å². The van der Waals surface area contributed by atoms with Crippen molar-refractivity contribution in [3.63, 3.8) is 0 Å². The van der Waals surface area contributed by atoms with Crippen molar-refractivity contribution in [2.24, 2.45) is 0 Å². The molecule has 1 aromatic rings. The van der Waals surface area contributed by atoms with Gasteiger partial charge in [0.05, 0.1) is 25.0 Å². The first-order valence-corrected chi connectivity index (χ1v) is 7.98. The van der Waals surface area contributed by atoms with Gasteiger partial charge in [-0.05, 0) is 19.1 Å². The standard InChI is InChI=1S/C14H21NO5S/c1-12-4-6-13(7-5-12)21(17,18)15(10-11-19-2)9-8-14(16)20-3/h4-7H,8-11H2,1-3H3. The molecule has 1 rings (SSSR count). The Morgan fingerprint density at radius 1 is 1.14 bits per heavy atom. The van der Waals surface area contributed by atoms with Crippen LogP contribution in [0.25, 0.3) is 0 Å². The maximum absolute atomic E-state index is 12.6. The predicted octanol–water partition coefficient (Wildman–Crippen LogP) is 1.20. The summed E-state index contributed by atoms with van der Waals surface area (Å²) in [6.07, 6.45) is 0.00526. The second-order valence-corrected chi connectivity index (χ2v) is 6.47. The molecule has 7 heteroatoms. The van der Waals surface area contributed by atoms with E-state index in [0.717, 1.165) is 5.56 Å². The van der Waals surface area contributed by atoms with Gasteiger partial charge in [-0.25, -0.2) is 8.42 Å². The van der Waals surface area contributed by atoms with Crippen molar-refractivity contribution < 1.29 is 22.7 Å². The third-order valence-electron chi connectivity index (χ3n) is 3.00. The van der Waals surface area contributed by atoms with E-state index in [1.165, 1.54) is 18.5 Å². The number of sulfonamides is 1. The highest BCUT2D eigenvalue weighted by atomic mass is 32.2. The molecular weight excluding hydrogens is 294 g/mol. The van der Waals surface area contributed by atoms with E-state index in [4.69, 9.17) is 4.74 Å². The number of rotatable bonds is 8. The molecule has 0 unspecified atom stereocenters. The first-order valence-electron chi connectivity index (χ1n) is 6.54. The zero-order valence-electron chi connectivity index (χ0n) is 12.5. The highest BCUT2D eigenvalue weighted by Crippen LogP contribution is 2.16. The van der Waals surface area contributed by atoms with Crippen LogP contribution in [0.1, 0.15) is 12.0 Å². The molecule has 0 atom stereocenters. The van der Waals surface area contributed by atoms with E-state index in [0.29, 0.717) is 0 Å². The molecule has 0 saturated carbocycles. The molecule has 0 aliphatic rings. The molecule has 0 fully saturated rings. The van der Waals surface area contributed by atoms with Gasteiger partial charge in [-0.2, -0.15) is 4.31 Å². The number of benzene rings is 1. The van der Waals surface area contributed by atoms with Gasteiger partial charge in [0.25, 0.3) is 0 Å². The van der Waals surface area contributed by atoms with Crippen LogP contribution in [0.3, 0.4) is 0 Å². The quantitative estimate of drug-likeness (QED) is 0.674. The maximum Gasteiger partial charge on any atom is 0.306 e. The smallest absolute Gasteiger partial charge is 0.306 e. The number of methoxy groups -OCH3 is 2. The van der Waals surface area contributed by atoms with Crippen LogP contribution in [0.5, 0.6) is 0 Å². The summed E-state index contributed by atoms with van der Waals surface area (Å²) >= 11 is 0. The number of esters is 1. The minimum Gasteiger partial charge on any atom is -0.469 e. The highest BCUT2D eigenvalue weighted by Gasteiger charge is 2.24. The van der Waals surface area contributed by atoms with Gasteiger partial charge in [0.15, 0.2) is 0 Å². The lowest BCUT2D eigenvalue weighted by Gasteiger charge is -2.21. The van der Waals surface area contributed by atoms with Crippen molar-refractivity contribution in [2.45, 2.75) is 18.2 Å². The van der Waals surface area contributed by atoms with E-state index in [1.54, 1.807) is 24.3 Å². The zero-order chi connectivity index (χ0) is 15.9. The van der Waals surface area contributed by atoms with Gasteiger partial charge in [0.2, 0.25) is 10.0 Å². The summed E-state index contributed by atoms with van der Waals surface area (Å²) in [7, 11) is -0.877. The Hall–Kier alpha value is -1.44. The number of carbonyl (C=O) groups is 1. The molecular formula is C14H21NO5S. The topological polar surface area (TPSA) is 72.9 Å². The largest absolute Gasteiger partial charge is 0.469 e. The third-order valence-corrected chi connectivity index (χ3v) is 4.91. The molecule has 0 spiro atoms. The molecule has 0 aromatic heterocycles. The average Bonchev–Trinajstić information content (AvgIpc) is 2.47. The Bertz CT molecular complexity index is 553. The fraction of sp³-hybridized carbons (Fsp3) is 0.500. The summed E-state index contributed by atoms with van der Waals surface area (Å²) in [5.74, 6) is -0.448. The molecule has 0 aliphatic heterocycles. The summed E-state index contributed by atoms with van der Waals surface area (Å²) in [6.45, 7) is 2.39. The Labute approximate surface area is 125 Å². The normalized spacial score (nSPS) is 11.6. The molecule has 118 valence electrons. The van der Waals surface area contributed by atoms with E-state index in [2.05, 4.69) is 4.74 Å². The number of hydrogen-bond acceptors (Lipinski definition) is 5. The predicted molar refractivity (Wildman–Crippen MR) is 78.4 cm³/mol. The summed E-state index contributed by atoms with van der Waals surface area (Å²) in [5, 5.41) is 0. The average molecular weight is 315 g/mol. The SMILES string of the molecule is COCCN(CCC(=O)OC)S(=O)(=O)c1ccc(C)cc1. The van der Waals surface area contributed by atoms with Crippen LogP contribution in [-0.2, 0) is 24.3 Å². The van der Waals surface area contributed by atoms with E-state index in [-0.39, 0.29) is 31.0 Å². The molecule has 0 bridgehead atoms. The van der Waals surface area contributed by atoms with Crippen LogP contribution < -0.4 is 0 Å². The fourth-order valence-electron chi connectivity index (χ4n) is 1.72. The van der Waals surface area contributed by atoms with Crippen molar-refractivity contribution >= 4 is 16.0 Å². The van der Waals surface area contributed by atoms with Gasteiger partial charge in [-0.1, -0.05) is 17.7 Å². The Kier molecular flexibility index (Phi) is 6.80. The van der Waals surface area contributed by atoms with Crippen molar-refractivity contribution in [2.75, 3.05) is 33.9 Å². The van der Waals surface area contributed by atoms with E-state index >= 15 is 0 Å². The van der Waals surface area contributed by atoms with Gasteiger partial charge >= 0.3 is 5.97 Å². The highest BCUT2D eigenvalue weighted by molar-refractivity contribution is 7.89. The molecule has 0 heterocycles. The number of aryl methyl sites for hydroxylation is 1. The zero-order valence-corrected chi connectivity index (χ0v) is 13.4. The number of hydrogen-bond donors (Lipinski definition) is 0. The van der Waals surface area contributed by atoms with Crippen LogP contribution in [0.2, 0.25) is 0 Å². The molecule has 0 radical (unpaired) electrons. The summed E-state index contributed by atoms with van der Waals surface area (Å²) in [4.78, 5) is 11.4. The molecule has 21 heavy (non-hydrogen) atoms. The Morgan fingerprint density at radius 2 is 1.76 bits per heavy atom. The maximum atomic E-state index is 12.6. The number of nitrogens with zero attached hydrogens (tertiary/aromatic N) is 1. The molecule has 0 amide bonds. The van der Waals surface area contributed by atoms with Gasteiger partial charge in [0.1, 0.15) is 0 Å². The lowest BCUT2D eigenvalue weighted by atomic mass is 10.2. The van der Waals surface area contributed by atoms with Crippen LogP contribution in [0, 0.1) is 6.92 Å². The molecule has 6 nitrogen and oxygen atoms in total. The second kappa shape index (κ2) is 8.11. The number of ether oxygens (including phenoxy) is 2. The van der Waals surface area contributed by atoms with Gasteiger partial charge in [-0.3, -0.25) is 4.79 Å². The molecule has 0 N–H and O–H groups in total. The molecule has 1 aromatic carbocycles.